The number of amides is 1. The third kappa shape index (κ3) is 5.35. The predicted molar refractivity (Wildman–Crippen MR) is 123 cm³/mol. The van der Waals surface area contributed by atoms with Crippen LogP contribution in [0.5, 0.6) is 11.6 Å². The number of rotatable bonds is 8. The van der Waals surface area contributed by atoms with Crippen molar-refractivity contribution in [3.8, 4) is 22.9 Å². The molecule has 0 radical (unpaired) electrons. The first-order valence-corrected chi connectivity index (χ1v) is 11.5. The molecule has 1 fully saturated rings. The lowest BCUT2D eigenvalue weighted by atomic mass is 9.79. The summed E-state index contributed by atoms with van der Waals surface area (Å²) in [5, 5.41) is 18.2. The summed E-state index contributed by atoms with van der Waals surface area (Å²) in [6, 6.07) is 1.69. The zero-order valence-electron chi connectivity index (χ0n) is 19.4. The van der Waals surface area contributed by atoms with Crippen LogP contribution in [0.4, 0.5) is 0 Å². The van der Waals surface area contributed by atoms with Crippen LogP contribution in [0.1, 0.15) is 63.9 Å². The molecule has 2 N–H and O–H groups in total. The Morgan fingerprint density at radius 1 is 1.41 bits per heavy atom. The molecule has 32 heavy (non-hydrogen) atoms. The van der Waals surface area contributed by atoms with Crippen molar-refractivity contribution in [2.24, 2.45) is 5.92 Å². The van der Waals surface area contributed by atoms with Crippen molar-refractivity contribution in [2.75, 3.05) is 13.7 Å². The Labute approximate surface area is 194 Å². The maximum absolute atomic E-state index is 12.9. The minimum absolute atomic E-state index is 0.0275. The molecule has 1 aliphatic rings. The summed E-state index contributed by atoms with van der Waals surface area (Å²) in [6.07, 6.45) is 4.82. The number of aliphatic hydroxyl groups is 1. The van der Waals surface area contributed by atoms with Crippen LogP contribution in [-0.4, -0.2) is 51.1 Å². The van der Waals surface area contributed by atoms with Crippen molar-refractivity contribution < 1.29 is 19.4 Å². The lowest BCUT2D eigenvalue weighted by Crippen LogP contribution is -2.45. The molecule has 3 rings (SSSR count). The molecule has 8 nitrogen and oxygen atoms in total. The molecule has 2 heterocycles. The van der Waals surface area contributed by atoms with Gasteiger partial charge in [-0.25, -0.2) is 4.98 Å². The first-order valence-electron chi connectivity index (χ1n) is 11.2. The lowest BCUT2D eigenvalue weighted by Gasteiger charge is -2.34. The summed E-state index contributed by atoms with van der Waals surface area (Å²) in [5.41, 5.74) is 0.386. The molecule has 2 aromatic heterocycles. The molecule has 0 spiro atoms. The van der Waals surface area contributed by atoms with Gasteiger partial charge in [-0.15, -0.1) is 0 Å². The molecule has 2 aromatic rings. The van der Waals surface area contributed by atoms with E-state index in [9.17, 15) is 9.90 Å². The lowest BCUT2D eigenvalue weighted by molar-refractivity contribution is -0.00544. The number of pyridine rings is 1. The Morgan fingerprint density at radius 2 is 2.09 bits per heavy atom. The first-order chi connectivity index (χ1) is 15.2. The monoisotopic (exact) mass is 464 g/mol. The Kier molecular flexibility index (Phi) is 7.67. The average Bonchev–Trinajstić information content (AvgIpc) is 3.10. The number of hydrogen-bond donors (Lipinski definition) is 2. The zero-order valence-corrected chi connectivity index (χ0v) is 20.2. The Bertz CT molecular complexity index is 952. The zero-order chi connectivity index (χ0) is 23.5. The number of carbonyl (C=O) groups is 1. The number of hydrogen-bond acceptors (Lipinski definition) is 6. The quantitative estimate of drug-likeness (QED) is 0.610. The number of nitrogens with one attached hydrogen (secondary N) is 1. The van der Waals surface area contributed by atoms with Crippen LogP contribution in [0, 0.1) is 5.92 Å². The smallest absolute Gasteiger partial charge is 0.273 e. The van der Waals surface area contributed by atoms with E-state index in [4.69, 9.17) is 21.1 Å². The second-order valence-corrected chi connectivity index (χ2v) is 9.18. The van der Waals surface area contributed by atoms with Gasteiger partial charge in [-0.2, -0.15) is 5.10 Å². The maximum Gasteiger partial charge on any atom is 0.273 e. The maximum atomic E-state index is 12.9. The Balaban J connectivity index is 1.86. The average molecular weight is 465 g/mol. The molecule has 0 unspecified atom stereocenters. The Hall–Kier alpha value is -2.32. The van der Waals surface area contributed by atoms with Crippen LogP contribution in [0.15, 0.2) is 12.3 Å². The number of methoxy groups -OCH3 is 1. The van der Waals surface area contributed by atoms with E-state index in [2.05, 4.69) is 22.3 Å². The van der Waals surface area contributed by atoms with Crippen LogP contribution < -0.4 is 14.8 Å². The van der Waals surface area contributed by atoms with Crippen LogP contribution in [-0.2, 0) is 6.54 Å². The van der Waals surface area contributed by atoms with Gasteiger partial charge in [0, 0.05) is 25.4 Å². The van der Waals surface area contributed by atoms with Gasteiger partial charge in [0.05, 0.1) is 35.1 Å². The van der Waals surface area contributed by atoms with Gasteiger partial charge in [-0.3, -0.25) is 9.48 Å². The van der Waals surface area contributed by atoms with Crippen LogP contribution >= 0.6 is 11.6 Å². The molecule has 1 amide bonds. The van der Waals surface area contributed by atoms with Gasteiger partial charge in [-0.1, -0.05) is 18.5 Å². The molecule has 0 saturated heterocycles. The summed E-state index contributed by atoms with van der Waals surface area (Å²) in [7, 11) is 1.55. The predicted octanol–water partition coefficient (Wildman–Crippen LogP) is 4.09. The van der Waals surface area contributed by atoms with Crippen molar-refractivity contribution in [2.45, 2.75) is 71.6 Å². The number of halogens is 1. The van der Waals surface area contributed by atoms with E-state index >= 15 is 0 Å². The molecule has 0 bridgehead atoms. The highest BCUT2D eigenvalue weighted by Crippen LogP contribution is 2.38. The molecule has 9 heteroatoms. The number of aryl methyl sites for hydroxylation is 1. The molecule has 1 saturated carbocycles. The van der Waals surface area contributed by atoms with Crippen molar-refractivity contribution in [1.29, 1.82) is 0 Å². The second kappa shape index (κ2) is 10.1. The summed E-state index contributed by atoms with van der Waals surface area (Å²) in [6.45, 7) is 8.60. The van der Waals surface area contributed by atoms with Crippen LogP contribution in [0.2, 0.25) is 5.02 Å². The normalized spacial score (nSPS) is 20.9. The van der Waals surface area contributed by atoms with Gasteiger partial charge < -0.3 is 19.9 Å². The highest BCUT2D eigenvalue weighted by atomic mass is 35.5. The number of carbonyl (C=O) groups excluding carboxylic acids is 1. The van der Waals surface area contributed by atoms with E-state index < -0.39 is 11.5 Å². The molecule has 0 atom stereocenters. The van der Waals surface area contributed by atoms with Gasteiger partial charge in [-0.05, 0) is 52.4 Å². The molecule has 0 aliphatic heterocycles. The molecular weight excluding hydrogens is 432 g/mol. The van der Waals surface area contributed by atoms with E-state index in [1.54, 1.807) is 24.1 Å². The largest absolute Gasteiger partial charge is 0.496 e. The van der Waals surface area contributed by atoms with Crippen molar-refractivity contribution >= 4 is 17.5 Å². The van der Waals surface area contributed by atoms with Gasteiger partial charge in [0.1, 0.15) is 5.75 Å². The van der Waals surface area contributed by atoms with E-state index in [1.807, 2.05) is 20.8 Å². The molecular formula is C23H33ClN4O4. The topological polar surface area (TPSA) is 98.5 Å². The SMILES string of the molecule is CCn1nc(C(=O)NCC2(O)CCC(C)CC2)c(Cl)c1-c1cnc(OC(C)C)cc1OC. The van der Waals surface area contributed by atoms with Gasteiger partial charge >= 0.3 is 0 Å². The molecule has 0 aromatic carbocycles. The number of ether oxygens (including phenoxy) is 2. The third-order valence-corrected chi connectivity index (χ3v) is 6.22. The van der Waals surface area contributed by atoms with E-state index in [0.717, 1.165) is 12.8 Å². The van der Waals surface area contributed by atoms with Gasteiger partial charge in [0.15, 0.2) is 5.69 Å². The first kappa shape index (κ1) is 24.3. The molecule has 1 aliphatic carbocycles. The van der Waals surface area contributed by atoms with Crippen LogP contribution in [0.3, 0.4) is 0 Å². The van der Waals surface area contributed by atoms with E-state index in [-0.39, 0.29) is 23.4 Å². The fourth-order valence-electron chi connectivity index (χ4n) is 3.95. The van der Waals surface area contributed by atoms with Crippen molar-refractivity contribution in [1.82, 2.24) is 20.1 Å². The van der Waals surface area contributed by atoms with Gasteiger partial charge in [0.25, 0.3) is 5.91 Å². The van der Waals surface area contributed by atoms with E-state index in [0.29, 0.717) is 48.2 Å². The highest BCUT2D eigenvalue weighted by molar-refractivity contribution is 6.36. The summed E-state index contributed by atoms with van der Waals surface area (Å²) >= 11 is 6.64. The minimum atomic E-state index is -0.885. The molecule has 176 valence electrons. The van der Waals surface area contributed by atoms with Gasteiger partial charge in [0.2, 0.25) is 5.88 Å². The standard InChI is InChI=1S/C23H33ClN4O4/c1-6-28-21(16-12-25-18(32-14(2)3)11-17(16)31-5)19(24)20(27-28)22(29)26-13-23(30)9-7-15(4)8-10-23/h11-12,14-15,30H,6-10,13H2,1-5H3,(H,26,29). The van der Waals surface area contributed by atoms with E-state index in [1.165, 1.54) is 0 Å². The Morgan fingerprint density at radius 3 is 2.69 bits per heavy atom. The third-order valence-electron chi connectivity index (χ3n) is 5.86. The number of aromatic nitrogens is 3. The number of nitrogens with zero attached hydrogens (tertiary/aromatic N) is 3. The minimum Gasteiger partial charge on any atom is -0.496 e. The summed E-state index contributed by atoms with van der Waals surface area (Å²) in [4.78, 5) is 17.3. The summed E-state index contributed by atoms with van der Waals surface area (Å²) < 4.78 is 12.8. The fraction of sp³-hybridized carbons (Fsp3) is 0.609. The summed E-state index contributed by atoms with van der Waals surface area (Å²) in [5.74, 6) is 1.14. The van der Waals surface area contributed by atoms with Crippen LogP contribution in [0.25, 0.3) is 11.3 Å². The fourth-order valence-corrected chi connectivity index (χ4v) is 4.27. The van der Waals surface area contributed by atoms with Crippen molar-refractivity contribution in [3.05, 3.63) is 23.0 Å². The highest BCUT2D eigenvalue weighted by Gasteiger charge is 2.33. The van der Waals surface area contributed by atoms with Crippen molar-refractivity contribution in [3.63, 3.8) is 0 Å². The second-order valence-electron chi connectivity index (χ2n) is 8.81.